The topological polar surface area (TPSA) is 41.8 Å². The molecule has 0 saturated carbocycles. The quantitative estimate of drug-likeness (QED) is 0.719. The molecule has 0 aliphatic heterocycles. The van der Waals surface area contributed by atoms with Gasteiger partial charge >= 0.3 is 0 Å². The van der Waals surface area contributed by atoms with Crippen molar-refractivity contribution in [3.8, 4) is 0 Å². The maximum absolute atomic E-state index is 5.77. The maximum atomic E-state index is 5.77. The number of hydrogen-bond donors (Lipinski definition) is 2. The van der Waals surface area contributed by atoms with Gasteiger partial charge in [-0.05, 0) is 30.4 Å². The molecular formula is C11H14N2. The van der Waals surface area contributed by atoms with Crippen LogP contribution in [0.3, 0.4) is 0 Å². The third-order valence-corrected chi connectivity index (χ3v) is 2.22. The predicted molar refractivity (Wildman–Crippen MR) is 55.7 cm³/mol. The zero-order valence-corrected chi connectivity index (χ0v) is 7.75. The molecule has 2 aromatic rings. The van der Waals surface area contributed by atoms with Crippen molar-refractivity contribution in [2.75, 3.05) is 0 Å². The number of fused-ring (bicyclic) bond motifs is 1. The van der Waals surface area contributed by atoms with Gasteiger partial charge in [-0.1, -0.05) is 18.2 Å². The molecule has 0 bridgehead atoms. The lowest BCUT2D eigenvalue weighted by Crippen LogP contribution is -2.17. The summed E-state index contributed by atoms with van der Waals surface area (Å²) in [5.74, 6) is 0. The summed E-state index contributed by atoms with van der Waals surface area (Å²) in [7, 11) is 0. The largest absolute Gasteiger partial charge is 0.361 e. The second kappa shape index (κ2) is 3.23. The van der Waals surface area contributed by atoms with E-state index >= 15 is 0 Å². The van der Waals surface area contributed by atoms with Crippen molar-refractivity contribution in [2.45, 2.75) is 19.4 Å². The molecule has 0 fully saturated rings. The number of nitrogens with two attached hydrogens (primary N) is 1. The monoisotopic (exact) mass is 174 g/mol. The van der Waals surface area contributed by atoms with E-state index in [1.165, 1.54) is 16.5 Å². The first-order valence-electron chi connectivity index (χ1n) is 4.58. The molecule has 0 spiro atoms. The highest BCUT2D eigenvalue weighted by Crippen LogP contribution is 2.17. The first kappa shape index (κ1) is 8.32. The predicted octanol–water partition coefficient (Wildman–Crippen LogP) is 2.06. The van der Waals surface area contributed by atoms with Gasteiger partial charge in [-0.25, -0.2) is 0 Å². The van der Waals surface area contributed by atoms with Crippen LogP contribution in [0.4, 0.5) is 0 Å². The van der Waals surface area contributed by atoms with Gasteiger partial charge in [-0.2, -0.15) is 0 Å². The molecule has 0 radical (unpaired) electrons. The Morgan fingerprint density at radius 1 is 1.38 bits per heavy atom. The summed E-state index contributed by atoms with van der Waals surface area (Å²) in [6.07, 6.45) is 2.90. The fourth-order valence-electron chi connectivity index (χ4n) is 1.67. The van der Waals surface area contributed by atoms with E-state index in [-0.39, 0.29) is 6.04 Å². The van der Waals surface area contributed by atoms with Gasteiger partial charge < -0.3 is 10.7 Å². The third-order valence-electron chi connectivity index (χ3n) is 2.22. The maximum Gasteiger partial charge on any atom is 0.0487 e. The van der Waals surface area contributed by atoms with E-state index in [1.54, 1.807) is 0 Å². The molecule has 0 unspecified atom stereocenters. The summed E-state index contributed by atoms with van der Waals surface area (Å²) in [4.78, 5) is 3.24. The van der Waals surface area contributed by atoms with Crippen LogP contribution in [-0.4, -0.2) is 11.0 Å². The van der Waals surface area contributed by atoms with Gasteiger partial charge in [0.2, 0.25) is 0 Å². The zero-order valence-electron chi connectivity index (χ0n) is 7.75. The number of benzene rings is 1. The molecule has 13 heavy (non-hydrogen) atoms. The molecule has 3 N–H and O–H groups in total. The van der Waals surface area contributed by atoms with E-state index in [4.69, 9.17) is 5.73 Å². The van der Waals surface area contributed by atoms with Crippen molar-refractivity contribution >= 4 is 10.9 Å². The molecule has 0 aliphatic carbocycles. The van der Waals surface area contributed by atoms with E-state index in [0.29, 0.717) is 0 Å². The summed E-state index contributed by atoms with van der Waals surface area (Å²) in [6, 6.07) is 8.61. The van der Waals surface area contributed by atoms with Crippen molar-refractivity contribution in [2.24, 2.45) is 5.73 Å². The lowest BCUT2D eigenvalue weighted by Gasteiger charge is -2.05. The average molecular weight is 174 g/mol. The Balaban J connectivity index is 2.48. The van der Waals surface area contributed by atoms with Crippen LogP contribution in [-0.2, 0) is 6.42 Å². The number of aromatic amines is 1. The van der Waals surface area contributed by atoms with Crippen LogP contribution in [0.15, 0.2) is 30.5 Å². The summed E-state index contributed by atoms with van der Waals surface area (Å²) in [6.45, 7) is 2.03. The van der Waals surface area contributed by atoms with Crippen LogP contribution in [0.25, 0.3) is 10.9 Å². The molecule has 1 heterocycles. The number of rotatable bonds is 2. The molecule has 0 saturated heterocycles. The fourth-order valence-corrected chi connectivity index (χ4v) is 1.67. The molecule has 1 aromatic carbocycles. The van der Waals surface area contributed by atoms with E-state index in [2.05, 4.69) is 29.2 Å². The van der Waals surface area contributed by atoms with Gasteiger partial charge in [0.1, 0.15) is 0 Å². The third kappa shape index (κ3) is 1.58. The van der Waals surface area contributed by atoms with Gasteiger partial charge in [0.15, 0.2) is 0 Å². The smallest absolute Gasteiger partial charge is 0.0487 e. The van der Waals surface area contributed by atoms with E-state index in [1.807, 2.05) is 13.1 Å². The minimum atomic E-state index is 0.217. The van der Waals surface area contributed by atoms with Crippen molar-refractivity contribution in [3.63, 3.8) is 0 Å². The molecule has 0 amide bonds. The Kier molecular flexibility index (Phi) is 2.07. The molecule has 68 valence electrons. The molecule has 1 atom stereocenters. The molecule has 2 heteroatoms. The van der Waals surface area contributed by atoms with Gasteiger partial charge in [0.05, 0.1) is 0 Å². The number of nitrogens with one attached hydrogen (secondary N) is 1. The van der Waals surface area contributed by atoms with Crippen LogP contribution >= 0.6 is 0 Å². The summed E-state index contributed by atoms with van der Waals surface area (Å²) in [5.41, 5.74) is 8.30. The Labute approximate surface area is 77.8 Å². The number of H-pyrrole nitrogens is 1. The van der Waals surface area contributed by atoms with Gasteiger partial charge in [0.25, 0.3) is 0 Å². The van der Waals surface area contributed by atoms with Gasteiger partial charge in [-0.3, -0.25) is 0 Å². The molecule has 2 rings (SSSR count). The lowest BCUT2D eigenvalue weighted by atomic mass is 10.1. The Morgan fingerprint density at radius 2 is 2.23 bits per heavy atom. The average Bonchev–Trinajstić information content (AvgIpc) is 2.51. The van der Waals surface area contributed by atoms with E-state index < -0.39 is 0 Å². The number of aromatic nitrogens is 1. The van der Waals surface area contributed by atoms with Crippen molar-refractivity contribution < 1.29 is 0 Å². The molecule has 1 aromatic heterocycles. The van der Waals surface area contributed by atoms with Crippen LogP contribution in [0.5, 0.6) is 0 Å². The first-order valence-corrected chi connectivity index (χ1v) is 4.58. The molecule has 0 aliphatic rings. The van der Waals surface area contributed by atoms with Crippen molar-refractivity contribution in [3.05, 3.63) is 36.0 Å². The van der Waals surface area contributed by atoms with Crippen LogP contribution < -0.4 is 5.73 Å². The molecule has 2 nitrogen and oxygen atoms in total. The van der Waals surface area contributed by atoms with Gasteiger partial charge in [-0.15, -0.1) is 0 Å². The van der Waals surface area contributed by atoms with Crippen LogP contribution in [0.1, 0.15) is 12.5 Å². The van der Waals surface area contributed by atoms with E-state index in [0.717, 1.165) is 6.42 Å². The Hall–Kier alpha value is -1.28. The highest BCUT2D eigenvalue weighted by atomic mass is 14.7. The van der Waals surface area contributed by atoms with E-state index in [9.17, 15) is 0 Å². The summed E-state index contributed by atoms with van der Waals surface area (Å²) in [5, 5.41) is 1.26. The number of para-hydroxylation sites is 1. The van der Waals surface area contributed by atoms with Crippen molar-refractivity contribution in [1.29, 1.82) is 0 Å². The number of hydrogen-bond acceptors (Lipinski definition) is 1. The highest BCUT2D eigenvalue weighted by molar-refractivity contribution is 5.82. The highest BCUT2D eigenvalue weighted by Gasteiger charge is 2.03. The Bertz CT molecular complexity index is 401. The van der Waals surface area contributed by atoms with Crippen molar-refractivity contribution in [1.82, 2.24) is 4.98 Å². The SMILES string of the molecule is C[C@H](N)Cc1cccc2cc[nH]c12. The Morgan fingerprint density at radius 3 is 3.00 bits per heavy atom. The minimum absolute atomic E-state index is 0.217. The molecular weight excluding hydrogens is 160 g/mol. The van der Waals surface area contributed by atoms with Gasteiger partial charge in [0, 0.05) is 17.8 Å². The summed E-state index contributed by atoms with van der Waals surface area (Å²) < 4.78 is 0. The zero-order chi connectivity index (χ0) is 9.26. The lowest BCUT2D eigenvalue weighted by molar-refractivity contribution is 0.741. The minimum Gasteiger partial charge on any atom is -0.361 e. The fraction of sp³-hybridized carbons (Fsp3) is 0.273. The summed E-state index contributed by atoms with van der Waals surface area (Å²) >= 11 is 0. The second-order valence-corrected chi connectivity index (χ2v) is 3.54. The second-order valence-electron chi connectivity index (χ2n) is 3.54. The van der Waals surface area contributed by atoms with Crippen LogP contribution in [0, 0.1) is 0 Å². The first-order chi connectivity index (χ1) is 6.27. The normalized spacial score (nSPS) is 13.4. The van der Waals surface area contributed by atoms with Crippen LogP contribution in [0.2, 0.25) is 0 Å². The standard InChI is InChI=1S/C11H14N2/c1-8(12)7-10-4-2-3-9-5-6-13-11(9)10/h2-6,8,13H,7,12H2,1H3/t8-/m0/s1.